The molecule has 25 heavy (non-hydrogen) atoms. The molecule has 3 rings (SSSR count). The Morgan fingerprint density at radius 1 is 1.12 bits per heavy atom. The maximum absolute atomic E-state index is 12.8. The highest BCUT2D eigenvalue weighted by Gasteiger charge is 2.32. The number of nitrogens with one attached hydrogen (secondary N) is 2. The number of alkyl halides is 3. The molecule has 0 aromatic heterocycles. The summed E-state index contributed by atoms with van der Waals surface area (Å²) < 4.78 is 38.3. The van der Waals surface area contributed by atoms with Crippen LogP contribution in [0.25, 0.3) is 0 Å². The predicted octanol–water partition coefficient (Wildman–Crippen LogP) is 2.67. The van der Waals surface area contributed by atoms with Gasteiger partial charge in [0.2, 0.25) is 0 Å². The molecule has 0 saturated heterocycles. The van der Waals surface area contributed by atoms with Crippen LogP contribution in [-0.4, -0.2) is 18.5 Å². The number of quaternary nitrogens is 1. The zero-order valence-electron chi connectivity index (χ0n) is 13.9. The third-order valence-electron chi connectivity index (χ3n) is 4.71. The highest BCUT2D eigenvalue weighted by atomic mass is 19.4. The second kappa shape index (κ2) is 6.88. The lowest BCUT2D eigenvalue weighted by Gasteiger charge is -2.30. The second-order valence-electron chi connectivity index (χ2n) is 6.39. The molecule has 0 fully saturated rings. The van der Waals surface area contributed by atoms with E-state index in [-0.39, 0.29) is 17.6 Å². The van der Waals surface area contributed by atoms with E-state index < -0.39 is 11.7 Å². The van der Waals surface area contributed by atoms with Crippen LogP contribution in [0.2, 0.25) is 0 Å². The van der Waals surface area contributed by atoms with Gasteiger partial charge in [-0.05, 0) is 30.7 Å². The quantitative estimate of drug-likeness (QED) is 0.878. The SMILES string of the molecule is C[C@H](C(=O)Nc1cccc(C(F)(F)F)c1)[NH+]1CCc2ccccc2C1. The fourth-order valence-electron chi connectivity index (χ4n) is 3.18. The maximum Gasteiger partial charge on any atom is 0.416 e. The molecule has 1 aliphatic heterocycles. The summed E-state index contributed by atoms with van der Waals surface area (Å²) in [4.78, 5) is 13.6. The number of halogens is 3. The van der Waals surface area contributed by atoms with Crippen LogP contribution in [0.5, 0.6) is 0 Å². The Hall–Kier alpha value is -2.34. The van der Waals surface area contributed by atoms with Crippen LogP contribution in [0, 0.1) is 0 Å². The Labute approximate surface area is 144 Å². The first-order valence-electron chi connectivity index (χ1n) is 8.24. The zero-order chi connectivity index (χ0) is 18.0. The van der Waals surface area contributed by atoms with E-state index in [1.54, 1.807) is 0 Å². The van der Waals surface area contributed by atoms with E-state index in [0.717, 1.165) is 36.5 Å². The Kier molecular flexibility index (Phi) is 4.81. The average Bonchev–Trinajstić information content (AvgIpc) is 2.60. The summed E-state index contributed by atoms with van der Waals surface area (Å²) in [6.07, 6.45) is -3.53. The van der Waals surface area contributed by atoms with Crippen molar-refractivity contribution in [3.05, 3.63) is 65.2 Å². The molecule has 0 radical (unpaired) electrons. The third-order valence-corrected chi connectivity index (χ3v) is 4.71. The largest absolute Gasteiger partial charge is 0.416 e. The molecule has 2 aromatic rings. The van der Waals surface area contributed by atoms with Gasteiger partial charge in [0.25, 0.3) is 5.91 Å². The van der Waals surface area contributed by atoms with E-state index in [1.807, 2.05) is 19.1 Å². The van der Waals surface area contributed by atoms with Crippen LogP contribution < -0.4 is 10.2 Å². The van der Waals surface area contributed by atoms with E-state index in [2.05, 4.69) is 17.4 Å². The number of carbonyl (C=O) groups is 1. The van der Waals surface area contributed by atoms with Crippen molar-refractivity contribution in [2.24, 2.45) is 0 Å². The van der Waals surface area contributed by atoms with E-state index >= 15 is 0 Å². The van der Waals surface area contributed by atoms with Gasteiger partial charge in [-0.1, -0.05) is 30.3 Å². The first-order valence-corrected chi connectivity index (χ1v) is 8.24. The highest BCUT2D eigenvalue weighted by molar-refractivity contribution is 5.93. The van der Waals surface area contributed by atoms with E-state index in [4.69, 9.17) is 0 Å². The molecule has 0 aliphatic carbocycles. The Morgan fingerprint density at radius 3 is 2.56 bits per heavy atom. The van der Waals surface area contributed by atoms with Gasteiger partial charge in [0.05, 0.1) is 12.1 Å². The highest BCUT2D eigenvalue weighted by Crippen LogP contribution is 2.30. The Morgan fingerprint density at radius 2 is 1.84 bits per heavy atom. The van der Waals surface area contributed by atoms with Crippen LogP contribution in [0.3, 0.4) is 0 Å². The molecule has 6 heteroatoms. The molecular weight excluding hydrogens is 329 g/mol. The minimum atomic E-state index is -4.42. The summed E-state index contributed by atoms with van der Waals surface area (Å²) in [5, 5.41) is 2.62. The van der Waals surface area contributed by atoms with E-state index in [0.29, 0.717) is 0 Å². The molecule has 1 aliphatic rings. The summed E-state index contributed by atoms with van der Waals surface area (Å²) in [5.74, 6) is -0.270. The van der Waals surface area contributed by atoms with Gasteiger partial charge in [-0.3, -0.25) is 4.79 Å². The number of carbonyl (C=O) groups excluding carboxylic acids is 1. The summed E-state index contributed by atoms with van der Waals surface area (Å²) in [5.41, 5.74) is 1.93. The third kappa shape index (κ3) is 4.02. The fraction of sp³-hybridized carbons (Fsp3) is 0.316. The monoisotopic (exact) mass is 349 g/mol. The molecule has 1 heterocycles. The predicted molar refractivity (Wildman–Crippen MR) is 89.2 cm³/mol. The molecular formula is C19H20F3N2O+. The molecule has 2 atom stereocenters. The molecule has 3 nitrogen and oxygen atoms in total. The molecule has 2 N–H and O–H groups in total. The summed E-state index contributed by atoms with van der Waals surface area (Å²) in [6.45, 7) is 3.38. The summed E-state index contributed by atoms with van der Waals surface area (Å²) >= 11 is 0. The second-order valence-corrected chi connectivity index (χ2v) is 6.39. The fourth-order valence-corrected chi connectivity index (χ4v) is 3.18. The summed E-state index contributed by atoms with van der Waals surface area (Å²) in [7, 11) is 0. The molecule has 1 unspecified atom stereocenters. The van der Waals surface area contributed by atoms with Gasteiger partial charge < -0.3 is 10.2 Å². The van der Waals surface area contributed by atoms with Crippen molar-refractivity contribution in [3.63, 3.8) is 0 Å². The van der Waals surface area contributed by atoms with Crippen molar-refractivity contribution in [2.75, 3.05) is 11.9 Å². The standard InChI is InChI=1S/C19H19F3N2O/c1-13(24-10-9-14-5-2-3-6-15(14)12-24)18(25)23-17-8-4-7-16(11-17)19(20,21)22/h2-8,11,13H,9-10,12H2,1H3,(H,23,25)/p+1/t13-/m1/s1. The first-order chi connectivity index (χ1) is 11.8. The molecule has 0 saturated carbocycles. The molecule has 0 spiro atoms. The zero-order valence-corrected chi connectivity index (χ0v) is 13.9. The van der Waals surface area contributed by atoms with Crippen molar-refractivity contribution >= 4 is 11.6 Å². The summed E-state index contributed by atoms with van der Waals surface area (Å²) in [6, 6.07) is 12.5. The van der Waals surface area contributed by atoms with Gasteiger partial charge in [0, 0.05) is 17.7 Å². The molecule has 1 amide bonds. The lowest BCUT2D eigenvalue weighted by atomic mass is 9.99. The van der Waals surface area contributed by atoms with Gasteiger partial charge in [-0.2, -0.15) is 13.2 Å². The van der Waals surface area contributed by atoms with Gasteiger partial charge in [-0.15, -0.1) is 0 Å². The van der Waals surface area contributed by atoms with Gasteiger partial charge in [-0.25, -0.2) is 0 Å². The van der Waals surface area contributed by atoms with Crippen molar-refractivity contribution < 1.29 is 22.9 Å². The van der Waals surface area contributed by atoms with E-state index in [1.165, 1.54) is 23.3 Å². The minimum absolute atomic E-state index is 0.170. The number of hydrogen-bond acceptors (Lipinski definition) is 1. The van der Waals surface area contributed by atoms with Crippen LogP contribution in [0.4, 0.5) is 18.9 Å². The number of benzene rings is 2. The van der Waals surface area contributed by atoms with Crippen molar-refractivity contribution in [2.45, 2.75) is 32.1 Å². The van der Waals surface area contributed by atoms with Crippen LogP contribution in [-0.2, 0) is 23.9 Å². The molecule has 132 valence electrons. The normalized spacial score (nSPS) is 18.3. The molecule has 0 bridgehead atoms. The van der Waals surface area contributed by atoms with E-state index in [9.17, 15) is 18.0 Å². The Balaban J connectivity index is 1.68. The van der Waals surface area contributed by atoms with Crippen LogP contribution >= 0.6 is 0 Å². The van der Waals surface area contributed by atoms with Crippen molar-refractivity contribution in [3.8, 4) is 0 Å². The number of hydrogen-bond donors (Lipinski definition) is 2. The van der Waals surface area contributed by atoms with Crippen LogP contribution in [0.1, 0.15) is 23.6 Å². The lowest BCUT2D eigenvalue weighted by molar-refractivity contribution is -0.929. The molecule has 2 aromatic carbocycles. The van der Waals surface area contributed by atoms with Crippen LogP contribution in [0.15, 0.2) is 48.5 Å². The average molecular weight is 349 g/mol. The van der Waals surface area contributed by atoms with Gasteiger partial charge >= 0.3 is 6.18 Å². The smallest absolute Gasteiger partial charge is 0.321 e. The number of fused-ring (bicyclic) bond motifs is 1. The first kappa shape index (κ1) is 17.5. The number of anilines is 1. The lowest BCUT2D eigenvalue weighted by Crippen LogP contribution is -3.16. The van der Waals surface area contributed by atoms with Gasteiger partial charge in [0.15, 0.2) is 6.04 Å². The van der Waals surface area contributed by atoms with Crippen molar-refractivity contribution in [1.29, 1.82) is 0 Å². The van der Waals surface area contributed by atoms with Gasteiger partial charge in [0.1, 0.15) is 6.54 Å². The topological polar surface area (TPSA) is 33.5 Å². The number of amides is 1. The maximum atomic E-state index is 12.8. The minimum Gasteiger partial charge on any atom is -0.321 e. The number of rotatable bonds is 3. The Bertz CT molecular complexity index is 773. The van der Waals surface area contributed by atoms with Crippen molar-refractivity contribution in [1.82, 2.24) is 0 Å².